The minimum atomic E-state index is -0.277. The average Bonchev–Trinajstić information content (AvgIpc) is 2.28. The number of hydrogen-bond acceptors (Lipinski definition) is 2. The zero-order chi connectivity index (χ0) is 12.8. The Hall–Kier alpha value is -0.960. The van der Waals surface area contributed by atoms with Crippen molar-refractivity contribution in [3.8, 4) is 0 Å². The summed E-state index contributed by atoms with van der Waals surface area (Å²) in [7, 11) is 0. The Morgan fingerprint density at radius 1 is 1.29 bits per heavy atom. The second kappa shape index (κ2) is 6.70. The van der Waals surface area contributed by atoms with Crippen molar-refractivity contribution in [2.24, 2.45) is 5.92 Å². The highest BCUT2D eigenvalue weighted by atomic mass is 19.1. The third kappa shape index (κ3) is 4.82. The van der Waals surface area contributed by atoms with Gasteiger partial charge in [0.25, 0.3) is 0 Å². The van der Waals surface area contributed by atoms with Gasteiger partial charge in [0.05, 0.1) is 11.9 Å². The van der Waals surface area contributed by atoms with Gasteiger partial charge in [-0.05, 0) is 24.5 Å². The lowest BCUT2D eigenvalue weighted by Gasteiger charge is -2.23. The van der Waals surface area contributed by atoms with Crippen LogP contribution >= 0.6 is 0 Å². The molecule has 0 spiro atoms. The van der Waals surface area contributed by atoms with E-state index in [1.807, 2.05) is 0 Å². The van der Waals surface area contributed by atoms with Crippen LogP contribution in [0.2, 0.25) is 0 Å². The Morgan fingerprint density at radius 2 is 2.00 bits per heavy atom. The minimum Gasteiger partial charge on any atom is -0.306 e. The average molecular weight is 238 g/mol. The van der Waals surface area contributed by atoms with Crippen LogP contribution in [0.4, 0.5) is 4.39 Å². The number of aromatic nitrogens is 1. The van der Waals surface area contributed by atoms with E-state index in [2.05, 4.69) is 38.0 Å². The molecular formula is C14H23FN2. The summed E-state index contributed by atoms with van der Waals surface area (Å²) in [5.74, 6) is 0.360. The first kappa shape index (κ1) is 14.1. The molecule has 17 heavy (non-hydrogen) atoms. The highest BCUT2D eigenvalue weighted by Crippen LogP contribution is 2.22. The van der Waals surface area contributed by atoms with Gasteiger partial charge in [0.1, 0.15) is 5.82 Å². The molecule has 2 nitrogen and oxygen atoms in total. The summed E-state index contributed by atoms with van der Waals surface area (Å²) in [5, 5.41) is 3.50. The lowest BCUT2D eigenvalue weighted by Crippen LogP contribution is -2.30. The van der Waals surface area contributed by atoms with Crippen LogP contribution in [-0.4, -0.2) is 11.0 Å². The van der Waals surface area contributed by atoms with Crippen molar-refractivity contribution in [1.82, 2.24) is 10.3 Å². The Labute approximate surface area is 104 Å². The third-order valence-electron chi connectivity index (χ3n) is 2.98. The normalized spacial score (nSPS) is 14.9. The van der Waals surface area contributed by atoms with Crippen molar-refractivity contribution in [2.75, 3.05) is 0 Å². The molecule has 3 heteroatoms. The van der Waals surface area contributed by atoms with Crippen LogP contribution in [0.15, 0.2) is 18.3 Å². The fourth-order valence-electron chi connectivity index (χ4n) is 1.84. The quantitative estimate of drug-likeness (QED) is 0.817. The van der Waals surface area contributed by atoms with Gasteiger partial charge in [-0.15, -0.1) is 0 Å². The van der Waals surface area contributed by atoms with E-state index in [0.29, 0.717) is 12.0 Å². The first-order chi connectivity index (χ1) is 8.02. The van der Waals surface area contributed by atoms with E-state index in [-0.39, 0.29) is 11.9 Å². The lowest BCUT2D eigenvalue weighted by molar-refractivity contribution is 0.373. The van der Waals surface area contributed by atoms with Gasteiger partial charge >= 0.3 is 0 Å². The molecule has 0 aliphatic heterocycles. The number of hydrogen-bond donors (Lipinski definition) is 1. The molecule has 0 amide bonds. The fraction of sp³-hybridized carbons (Fsp3) is 0.643. The van der Waals surface area contributed by atoms with Gasteiger partial charge in [0.2, 0.25) is 0 Å². The summed E-state index contributed by atoms with van der Waals surface area (Å²) in [6, 6.07) is 3.87. The van der Waals surface area contributed by atoms with Crippen LogP contribution in [-0.2, 0) is 0 Å². The molecule has 1 heterocycles. The highest BCUT2D eigenvalue weighted by molar-refractivity contribution is 5.10. The van der Waals surface area contributed by atoms with Crippen molar-refractivity contribution in [1.29, 1.82) is 0 Å². The van der Waals surface area contributed by atoms with Crippen molar-refractivity contribution in [3.63, 3.8) is 0 Å². The summed E-state index contributed by atoms with van der Waals surface area (Å²) < 4.78 is 12.9. The van der Waals surface area contributed by atoms with Crippen molar-refractivity contribution >= 4 is 0 Å². The summed E-state index contributed by atoms with van der Waals surface area (Å²) in [4.78, 5) is 4.18. The molecule has 96 valence electrons. The summed E-state index contributed by atoms with van der Waals surface area (Å²) in [5.41, 5.74) is 0.931. The van der Waals surface area contributed by atoms with Gasteiger partial charge in [0, 0.05) is 12.1 Å². The Kier molecular flexibility index (Phi) is 5.56. The number of rotatable bonds is 6. The smallest absolute Gasteiger partial charge is 0.141 e. The summed E-state index contributed by atoms with van der Waals surface area (Å²) in [6.45, 7) is 8.66. The van der Waals surface area contributed by atoms with E-state index < -0.39 is 0 Å². The SMILES string of the molecule is CCC(C)CC(NC(C)C)c1ccc(F)cn1. The zero-order valence-electron chi connectivity index (χ0n) is 11.2. The molecule has 1 aromatic rings. The van der Waals surface area contributed by atoms with Crippen molar-refractivity contribution < 1.29 is 4.39 Å². The maximum absolute atomic E-state index is 12.9. The first-order valence-electron chi connectivity index (χ1n) is 6.40. The van der Waals surface area contributed by atoms with Gasteiger partial charge in [-0.25, -0.2) is 4.39 Å². The largest absolute Gasteiger partial charge is 0.306 e. The lowest BCUT2D eigenvalue weighted by atomic mass is 9.96. The number of pyridine rings is 1. The molecule has 1 N–H and O–H groups in total. The molecule has 0 aliphatic rings. The van der Waals surface area contributed by atoms with Gasteiger partial charge in [0.15, 0.2) is 0 Å². The Bertz CT molecular complexity index is 321. The minimum absolute atomic E-state index is 0.213. The topological polar surface area (TPSA) is 24.9 Å². The first-order valence-corrected chi connectivity index (χ1v) is 6.40. The monoisotopic (exact) mass is 238 g/mol. The Morgan fingerprint density at radius 3 is 2.47 bits per heavy atom. The summed E-state index contributed by atoms with van der Waals surface area (Å²) in [6.07, 6.45) is 3.48. The van der Waals surface area contributed by atoms with Crippen molar-refractivity contribution in [3.05, 3.63) is 29.8 Å². The van der Waals surface area contributed by atoms with Crippen LogP contribution in [0.25, 0.3) is 0 Å². The second-order valence-electron chi connectivity index (χ2n) is 5.02. The molecule has 1 aromatic heterocycles. The molecular weight excluding hydrogens is 215 g/mol. The number of nitrogens with zero attached hydrogens (tertiary/aromatic N) is 1. The molecule has 2 unspecified atom stereocenters. The van der Waals surface area contributed by atoms with E-state index in [1.165, 1.54) is 12.3 Å². The highest BCUT2D eigenvalue weighted by Gasteiger charge is 2.16. The van der Waals surface area contributed by atoms with Gasteiger partial charge < -0.3 is 5.32 Å². The number of halogens is 1. The molecule has 0 saturated carbocycles. The number of nitrogens with one attached hydrogen (secondary N) is 1. The fourth-order valence-corrected chi connectivity index (χ4v) is 1.84. The van der Waals surface area contributed by atoms with E-state index in [4.69, 9.17) is 0 Å². The molecule has 0 aliphatic carbocycles. The van der Waals surface area contributed by atoms with Crippen molar-refractivity contribution in [2.45, 2.75) is 52.6 Å². The molecule has 0 radical (unpaired) electrons. The van der Waals surface area contributed by atoms with Gasteiger partial charge in [-0.1, -0.05) is 34.1 Å². The predicted octanol–water partition coefficient (Wildman–Crippen LogP) is 3.70. The molecule has 0 fully saturated rings. The third-order valence-corrected chi connectivity index (χ3v) is 2.98. The second-order valence-corrected chi connectivity index (χ2v) is 5.02. The standard InChI is InChI=1S/C14H23FN2/c1-5-11(4)8-14(17-10(2)3)13-7-6-12(15)9-16-13/h6-7,9-11,14,17H,5,8H2,1-4H3. The van der Waals surface area contributed by atoms with E-state index in [9.17, 15) is 4.39 Å². The predicted molar refractivity (Wildman–Crippen MR) is 69.3 cm³/mol. The van der Waals surface area contributed by atoms with Crippen LogP contribution in [0.5, 0.6) is 0 Å². The van der Waals surface area contributed by atoms with E-state index >= 15 is 0 Å². The van der Waals surface area contributed by atoms with E-state index in [0.717, 1.165) is 18.5 Å². The molecule has 2 atom stereocenters. The van der Waals surface area contributed by atoms with Gasteiger partial charge in [-0.2, -0.15) is 0 Å². The van der Waals surface area contributed by atoms with Crippen LogP contribution in [0.1, 0.15) is 52.3 Å². The molecule has 1 rings (SSSR count). The maximum atomic E-state index is 12.9. The molecule has 0 bridgehead atoms. The van der Waals surface area contributed by atoms with Crippen LogP contribution in [0, 0.1) is 11.7 Å². The van der Waals surface area contributed by atoms with Crippen LogP contribution in [0.3, 0.4) is 0 Å². The molecule has 0 aromatic carbocycles. The van der Waals surface area contributed by atoms with Crippen LogP contribution < -0.4 is 5.32 Å². The zero-order valence-corrected chi connectivity index (χ0v) is 11.2. The maximum Gasteiger partial charge on any atom is 0.141 e. The molecule has 0 saturated heterocycles. The van der Waals surface area contributed by atoms with Gasteiger partial charge in [-0.3, -0.25) is 4.98 Å². The van der Waals surface area contributed by atoms with E-state index in [1.54, 1.807) is 6.07 Å². The Balaban J connectivity index is 2.77. The summed E-state index contributed by atoms with van der Waals surface area (Å²) >= 11 is 0.